The molecule has 1 heterocycles. The van der Waals surface area contributed by atoms with Crippen molar-refractivity contribution in [2.45, 2.75) is 24.5 Å². The first-order valence-electron chi connectivity index (χ1n) is 6.25. The van der Waals surface area contributed by atoms with Crippen LogP contribution >= 0.6 is 11.8 Å². The van der Waals surface area contributed by atoms with Crippen molar-refractivity contribution in [3.8, 4) is 0 Å². The number of nitrogens with one attached hydrogen (secondary N) is 1. The molecule has 0 spiro atoms. The molecule has 1 N–H and O–H groups in total. The molecule has 106 valence electrons. The first-order chi connectivity index (χ1) is 9.60. The van der Waals surface area contributed by atoms with Gasteiger partial charge < -0.3 is 5.32 Å². The number of nitrogens with zero attached hydrogens (tertiary/aromatic N) is 2. The normalized spacial score (nSPS) is 10.6. The third kappa shape index (κ3) is 3.66. The molecule has 0 saturated carbocycles. The van der Waals surface area contributed by atoms with E-state index in [1.165, 1.54) is 23.9 Å². The maximum atomic E-state index is 13.7. The van der Waals surface area contributed by atoms with Crippen LogP contribution in [0.25, 0.3) is 0 Å². The van der Waals surface area contributed by atoms with Crippen molar-refractivity contribution in [2.24, 2.45) is 0 Å². The maximum absolute atomic E-state index is 13.7. The summed E-state index contributed by atoms with van der Waals surface area (Å²) < 4.78 is 26.8. The van der Waals surface area contributed by atoms with Crippen LogP contribution in [0.2, 0.25) is 0 Å². The number of thioether (sulfide) groups is 1. The van der Waals surface area contributed by atoms with Crippen LogP contribution in [-0.4, -0.2) is 16.5 Å². The summed E-state index contributed by atoms with van der Waals surface area (Å²) in [7, 11) is 0. The smallest absolute Gasteiger partial charge is 0.186 e. The second-order valence-corrected chi connectivity index (χ2v) is 5.21. The fraction of sp³-hybridized carbons (Fsp3) is 0.286. The summed E-state index contributed by atoms with van der Waals surface area (Å²) in [5.74, 6) is 0.498. The van der Waals surface area contributed by atoms with E-state index in [9.17, 15) is 8.78 Å². The predicted octanol–water partition coefficient (Wildman–Crippen LogP) is 3.79. The molecule has 0 aliphatic heterocycles. The van der Waals surface area contributed by atoms with E-state index in [1.54, 1.807) is 13.0 Å². The monoisotopic (exact) mass is 295 g/mol. The van der Waals surface area contributed by atoms with Crippen molar-refractivity contribution in [1.82, 2.24) is 9.97 Å². The van der Waals surface area contributed by atoms with Crippen LogP contribution < -0.4 is 5.32 Å². The highest BCUT2D eigenvalue weighted by molar-refractivity contribution is 7.98. The zero-order chi connectivity index (χ0) is 14.5. The fourth-order valence-corrected chi connectivity index (χ4v) is 2.47. The third-order valence-corrected chi connectivity index (χ3v) is 3.56. The van der Waals surface area contributed by atoms with E-state index in [4.69, 9.17) is 0 Å². The molecule has 3 nitrogen and oxygen atoms in total. The molecule has 0 bridgehead atoms. The van der Waals surface area contributed by atoms with Gasteiger partial charge in [0, 0.05) is 11.4 Å². The quantitative estimate of drug-likeness (QED) is 0.852. The molecule has 0 atom stereocenters. The van der Waals surface area contributed by atoms with Gasteiger partial charge in [0.1, 0.15) is 11.6 Å². The standard InChI is InChI=1S/C14H15F2N3S/c1-3-17-14-13(16)9(2)18-12(19-14)8-20-11-6-4-5-10(15)7-11/h4-7H,3,8H2,1-2H3,(H,17,18,19). The highest BCUT2D eigenvalue weighted by Crippen LogP contribution is 2.23. The molecule has 2 aromatic rings. The van der Waals surface area contributed by atoms with Crippen LogP contribution in [0.1, 0.15) is 18.4 Å². The number of halogens is 2. The summed E-state index contributed by atoms with van der Waals surface area (Å²) >= 11 is 1.41. The molecule has 0 fully saturated rings. The van der Waals surface area contributed by atoms with E-state index in [-0.39, 0.29) is 11.6 Å². The van der Waals surface area contributed by atoms with E-state index in [1.807, 2.05) is 13.0 Å². The summed E-state index contributed by atoms with van der Waals surface area (Å²) in [6.45, 7) is 4.07. The van der Waals surface area contributed by atoms with Gasteiger partial charge in [-0.3, -0.25) is 0 Å². The summed E-state index contributed by atoms with van der Waals surface area (Å²) in [5, 5.41) is 2.87. The van der Waals surface area contributed by atoms with E-state index < -0.39 is 5.82 Å². The number of hydrogen-bond donors (Lipinski definition) is 1. The molecule has 20 heavy (non-hydrogen) atoms. The van der Waals surface area contributed by atoms with E-state index in [0.717, 1.165) is 4.90 Å². The Morgan fingerprint density at radius 1 is 1.25 bits per heavy atom. The number of rotatable bonds is 5. The Morgan fingerprint density at radius 2 is 2.05 bits per heavy atom. The molecule has 0 unspecified atom stereocenters. The summed E-state index contributed by atoms with van der Waals surface area (Å²) in [6, 6.07) is 6.31. The molecule has 1 aromatic carbocycles. The molecule has 0 amide bonds. The molecule has 0 aliphatic carbocycles. The minimum Gasteiger partial charge on any atom is -0.368 e. The molecule has 0 radical (unpaired) electrons. The Morgan fingerprint density at radius 3 is 2.75 bits per heavy atom. The number of anilines is 1. The SMILES string of the molecule is CCNc1nc(CSc2cccc(F)c2)nc(C)c1F. The average molecular weight is 295 g/mol. The Labute approximate surface area is 120 Å². The number of benzene rings is 1. The van der Waals surface area contributed by atoms with Crippen molar-refractivity contribution < 1.29 is 8.78 Å². The Hall–Kier alpha value is -1.69. The Bertz CT molecular complexity index is 605. The summed E-state index contributed by atoms with van der Waals surface area (Å²) in [4.78, 5) is 9.05. The zero-order valence-corrected chi connectivity index (χ0v) is 12.1. The van der Waals surface area contributed by atoms with E-state index >= 15 is 0 Å². The highest BCUT2D eigenvalue weighted by atomic mass is 32.2. The van der Waals surface area contributed by atoms with Crippen LogP contribution in [-0.2, 0) is 5.75 Å². The molecular weight excluding hydrogens is 280 g/mol. The van der Waals surface area contributed by atoms with Crippen molar-refractivity contribution in [3.05, 3.63) is 47.4 Å². The molecule has 1 aromatic heterocycles. The van der Waals surface area contributed by atoms with Crippen molar-refractivity contribution in [3.63, 3.8) is 0 Å². The maximum Gasteiger partial charge on any atom is 0.186 e. The molecule has 2 rings (SSSR count). The lowest BCUT2D eigenvalue weighted by atomic mass is 10.3. The summed E-state index contributed by atoms with van der Waals surface area (Å²) in [5.41, 5.74) is 0.311. The number of aryl methyl sites for hydroxylation is 1. The van der Waals surface area contributed by atoms with Gasteiger partial charge in [0.25, 0.3) is 0 Å². The largest absolute Gasteiger partial charge is 0.368 e. The van der Waals surface area contributed by atoms with Gasteiger partial charge in [-0.05, 0) is 32.0 Å². The van der Waals surface area contributed by atoms with Gasteiger partial charge in [-0.15, -0.1) is 11.8 Å². The van der Waals surface area contributed by atoms with Crippen LogP contribution in [0, 0.1) is 18.6 Å². The van der Waals surface area contributed by atoms with Gasteiger partial charge >= 0.3 is 0 Å². The predicted molar refractivity (Wildman–Crippen MR) is 76.9 cm³/mol. The van der Waals surface area contributed by atoms with Crippen LogP contribution in [0.3, 0.4) is 0 Å². The third-order valence-electron chi connectivity index (χ3n) is 2.57. The Kier molecular flexibility index (Phi) is 4.89. The van der Waals surface area contributed by atoms with Gasteiger partial charge in [0.15, 0.2) is 11.6 Å². The van der Waals surface area contributed by atoms with E-state index in [2.05, 4.69) is 15.3 Å². The number of aromatic nitrogens is 2. The first-order valence-corrected chi connectivity index (χ1v) is 7.24. The lowest BCUT2D eigenvalue weighted by Crippen LogP contribution is -2.08. The molecular formula is C14H15F2N3S. The van der Waals surface area contributed by atoms with Crippen LogP contribution in [0.5, 0.6) is 0 Å². The fourth-order valence-electron chi connectivity index (χ4n) is 1.67. The lowest BCUT2D eigenvalue weighted by molar-refractivity contribution is 0.602. The van der Waals surface area contributed by atoms with Gasteiger partial charge in [0.05, 0.1) is 11.4 Å². The molecule has 6 heteroatoms. The summed E-state index contributed by atoms with van der Waals surface area (Å²) in [6.07, 6.45) is 0. The first kappa shape index (κ1) is 14.7. The minimum absolute atomic E-state index is 0.217. The Balaban J connectivity index is 2.13. The van der Waals surface area contributed by atoms with Crippen LogP contribution in [0.4, 0.5) is 14.6 Å². The van der Waals surface area contributed by atoms with Gasteiger partial charge in [-0.2, -0.15) is 0 Å². The lowest BCUT2D eigenvalue weighted by Gasteiger charge is -2.08. The topological polar surface area (TPSA) is 37.8 Å². The average Bonchev–Trinajstić information content (AvgIpc) is 2.42. The van der Waals surface area contributed by atoms with Gasteiger partial charge in [0.2, 0.25) is 0 Å². The van der Waals surface area contributed by atoms with Crippen LogP contribution in [0.15, 0.2) is 29.2 Å². The van der Waals surface area contributed by atoms with Crippen molar-refractivity contribution in [1.29, 1.82) is 0 Å². The number of hydrogen-bond acceptors (Lipinski definition) is 4. The van der Waals surface area contributed by atoms with Gasteiger partial charge in [-0.25, -0.2) is 18.7 Å². The van der Waals surface area contributed by atoms with Crippen molar-refractivity contribution in [2.75, 3.05) is 11.9 Å². The second-order valence-electron chi connectivity index (χ2n) is 4.16. The van der Waals surface area contributed by atoms with Crippen molar-refractivity contribution >= 4 is 17.6 Å². The molecule has 0 aliphatic rings. The minimum atomic E-state index is -0.425. The second kappa shape index (κ2) is 6.65. The zero-order valence-electron chi connectivity index (χ0n) is 11.3. The van der Waals surface area contributed by atoms with E-state index in [0.29, 0.717) is 23.8 Å². The van der Waals surface area contributed by atoms with Gasteiger partial charge in [-0.1, -0.05) is 6.07 Å². The highest BCUT2D eigenvalue weighted by Gasteiger charge is 2.11. The molecule has 0 saturated heterocycles.